The van der Waals surface area contributed by atoms with E-state index >= 15 is 0 Å². The highest BCUT2D eigenvalue weighted by atomic mass is 16.7. The number of rotatable bonds is 8. The SMILES string of the molecule is COc1ccc(OC)c2c(OC)c(C3OCC(C)(C)CO3)c(OCc3ccccc3)c(OC)c12. The zero-order valence-corrected chi connectivity index (χ0v) is 20.6. The molecule has 0 aromatic heterocycles. The Hall–Kier alpha value is -3.16. The third kappa shape index (κ3) is 4.45. The summed E-state index contributed by atoms with van der Waals surface area (Å²) in [6.07, 6.45) is -0.706. The molecule has 0 amide bonds. The Balaban J connectivity index is 1.98. The number of hydrogen-bond acceptors (Lipinski definition) is 7. The van der Waals surface area contributed by atoms with E-state index in [1.165, 1.54) is 0 Å². The first-order chi connectivity index (χ1) is 16.4. The lowest BCUT2D eigenvalue weighted by atomic mass is 9.94. The summed E-state index contributed by atoms with van der Waals surface area (Å²) in [5.41, 5.74) is 1.53. The molecule has 1 saturated heterocycles. The summed E-state index contributed by atoms with van der Waals surface area (Å²) in [4.78, 5) is 0. The van der Waals surface area contributed by atoms with E-state index in [0.29, 0.717) is 64.9 Å². The lowest BCUT2D eigenvalue weighted by molar-refractivity contribution is -0.227. The molecule has 1 fully saturated rings. The van der Waals surface area contributed by atoms with Crippen molar-refractivity contribution in [2.45, 2.75) is 26.7 Å². The topological polar surface area (TPSA) is 64.6 Å². The summed E-state index contributed by atoms with van der Waals surface area (Å²) in [6, 6.07) is 13.6. The molecule has 3 aromatic rings. The van der Waals surface area contributed by atoms with Gasteiger partial charge in [0.25, 0.3) is 0 Å². The van der Waals surface area contributed by atoms with E-state index in [-0.39, 0.29) is 5.41 Å². The van der Waals surface area contributed by atoms with Gasteiger partial charge in [-0.25, -0.2) is 0 Å². The minimum atomic E-state index is -0.706. The second-order valence-corrected chi connectivity index (χ2v) is 8.92. The highest BCUT2D eigenvalue weighted by molar-refractivity contribution is 6.05. The first-order valence-corrected chi connectivity index (χ1v) is 11.2. The number of benzene rings is 3. The molecule has 182 valence electrons. The van der Waals surface area contributed by atoms with Crippen molar-refractivity contribution in [2.24, 2.45) is 5.41 Å². The molecule has 4 rings (SSSR count). The van der Waals surface area contributed by atoms with Crippen molar-refractivity contribution in [1.29, 1.82) is 0 Å². The molecular formula is C27H32O7. The van der Waals surface area contributed by atoms with Crippen LogP contribution in [0, 0.1) is 5.41 Å². The zero-order chi connectivity index (χ0) is 24.3. The van der Waals surface area contributed by atoms with Crippen LogP contribution in [0.15, 0.2) is 42.5 Å². The van der Waals surface area contributed by atoms with Crippen molar-refractivity contribution in [2.75, 3.05) is 41.7 Å². The summed E-state index contributed by atoms with van der Waals surface area (Å²) < 4.78 is 42.1. The van der Waals surface area contributed by atoms with Gasteiger partial charge >= 0.3 is 0 Å². The summed E-state index contributed by atoms with van der Waals surface area (Å²) in [5.74, 6) is 2.72. The maximum Gasteiger partial charge on any atom is 0.191 e. The molecule has 0 aliphatic carbocycles. The molecule has 0 N–H and O–H groups in total. The summed E-state index contributed by atoms with van der Waals surface area (Å²) in [5, 5.41) is 1.38. The molecule has 0 spiro atoms. The Morgan fingerprint density at radius 3 is 1.82 bits per heavy atom. The molecular weight excluding hydrogens is 436 g/mol. The second kappa shape index (κ2) is 9.99. The molecule has 7 nitrogen and oxygen atoms in total. The molecule has 3 aromatic carbocycles. The molecule has 0 saturated carbocycles. The largest absolute Gasteiger partial charge is 0.496 e. The van der Waals surface area contributed by atoms with Gasteiger partial charge in [0.1, 0.15) is 23.9 Å². The molecule has 0 atom stereocenters. The Bertz CT molecular complexity index is 1130. The maximum absolute atomic E-state index is 6.41. The Kier molecular flexibility index (Phi) is 7.05. The van der Waals surface area contributed by atoms with Gasteiger partial charge < -0.3 is 33.2 Å². The maximum atomic E-state index is 6.41. The van der Waals surface area contributed by atoms with E-state index in [0.717, 1.165) is 5.56 Å². The highest BCUT2D eigenvalue weighted by Crippen LogP contribution is 2.55. The van der Waals surface area contributed by atoms with Gasteiger partial charge in [-0.05, 0) is 17.7 Å². The highest BCUT2D eigenvalue weighted by Gasteiger charge is 2.37. The number of methoxy groups -OCH3 is 4. The molecule has 1 aliphatic heterocycles. The van der Waals surface area contributed by atoms with Crippen LogP contribution >= 0.6 is 0 Å². The molecule has 34 heavy (non-hydrogen) atoms. The molecule has 7 heteroatoms. The standard InChI is InChI=1S/C27H32O7/c1-27(2)15-33-26(34-16-27)22-23(30-5)20-18(28-3)12-13-19(29-4)21(20)24(31-6)25(22)32-14-17-10-8-7-9-11-17/h7-13,26H,14-16H2,1-6H3. The fourth-order valence-electron chi connectivity index (χ4n) is 4.18. The van der Waals surface area contributed by atoms with Crippen LogP contribution in [-0.2, 0) is 16.1 Å². The molecule has 0 bridgehead atoms. The van der Waals surface area contributed by atoms with Gasteiger partial charge in [0.05, 0.1) is 58.0 Å². The van der Waals surface area contributed by atoms with Crippen molar-refractivity contribution in [3.63, 3.8) is 0 Å². The van der Waals surface area contributed by atoms with E-state index in [4.69, 9.17) is 33.2 Å². The van der Waals surface area contributed by atoms with E-state index in [2.05, 4.69) is 13.8 Å². The van der Waals surface area contributed by atoms with Crippen molar-refractivity contribution in [3.8, 4) is 28.7 Å². The smallest absolute Gasteiger partial charge is 0.191 e. The Morgan fingerprint density at radius 1 is 0.735 bits per heavy atom. The quantitative estimate of drug-likeness (QED) is 0.431. The van der Waals surface area contributed by atoms with Gasteiger partial charge in [0.2, 0.25) is 0 Å². The Morgan fingerprint density at radius 2 is 1.29 bits per heavy atom. The van der Waals surface area contributed by atoms with E-state index < -0.39 is 6.29 Å². The zero-order valence-electron chi connectivity index (χ0n) is 20.6. The number of hydrogen-bond donors (Lipinski definition) is 0. The van der Waals surface area contributed by atoms with E-state index in [1.54, 1.807) is 28.4 Å². The normalized spacial score (nSPS) is 15.7. The van der Waals surface area contributed by atoms with Gasteiger partial charge in [0, 0.05) is 5.41 Å². The van der Waals surface area contributed by atoms with Gasteiger partial charge in [0.15, 0.2) is 17.8 Å². The fourth-order valence-corrected chi connectivity index (χ4v) is 4.18. The summed E-state index contributed by atoms with van der Waals surface area (Å²) >= 11 is 0. The first kappa shape index (κ1) is 24.0. The van der Waals surface area contributed by atoms with Crippen molar-refractivity contribution in [1.82, 2.24) is 0 Å². The van der Waals surface area contributed by atoms with Gasteiger partial charge in [-0.3, -0.25) is 0 Å². The predicted molar refractivity (Wildman–Crippen MR) is 129 cm³/mol. The molecule has 1 heterocycles. The van der Waals surface area contributed by atoms with Gasteiger partial charge in [-0.1, -0.05) is 44.2 Å². The van der Waals surface area contributed by atoms with E-state index in [1.807, 2.05) is 42.5 Å². The van der Waals surface area contributed by atoms with Crippen LogP contribution in [0.25, 0.3) is 10.8 Å². The molecule has 0 unspecified atom stereocenters. The second-order valence-electron chi connectivity index (χ2n) is 8.92. The van der Waals surface area contributed by atoms with Gasteiger partial charge in [-0.15, -0.1) is 0 Å². The fraction of sp³-hybridized carbons (Fsp3) is 0.407. The van der Waals surface area contributed by atoms with Gasteiger partial charge in [-0.2, -0.15) is 0 Å². The van der Waals surface area contributed by atoms with Crippen molar-refractivity contribution < 1.29 is 33.2 Å². The average Bonchev–Trinajstić information content (AvgIpc) is 2.86. The van der Waals surface area contributed by atoms with Crippen molar-refractivity contribution >= 4 is 10.8 Å². The third-order valence-electron chi connectivity index (χ3n) is 5.84. The van der Waals surface area contributed by atoms with Crippen LogP contribution in [0.2, 0.25) is 0 Å². The van der Waals surface area contributed by atoms with Crippen LogP contribution in [0.1, 0.15) is 31.3 Å². The van der Waals surface area contributed by atoms with Crippen LogP contribution in [-0.4, -0.2) is 41.7 Å². The molecule has 1 aliphatic rings. The number of fused-ring (bicyclic) bond motifs is 1. The minimum Gasteiger partial charge on any atom is -0.496 e. The minimum absolute atomic E-state index is 0.101. The van der Waals surface area contributed by atoms with Crippen LogP contribution < -0.4 is 23.7 Å². The lowest BCUT2D eigenvalue weighted by Gasteiger charge is -2.36. The first-order valence-electron chi connectivity index (χ1n) is 11.2. The average molecular weight is 469 g/mol. The number of ether oxygens (including phenoxy) is 7. The van der Waals surface area contributed by atoms with Crippen molar-refractivity contribution in [3.05, 3.63) is 53.6 Å². The lowest BCUT2D eigenvalue weighted by Crippen LogP contribution is -2.34. The predicted octanol–water partition coefficient (Wildman–Crippen LogP) is 5.52. The Labute approximate surface area is 200 Å². The van der Waals surface area contributed by atoms with E-state index in [9.17, 15) is 0 Å². The third-order valence-corrected chi connectivity index (χ3v) is 5.84. The summed E-state index contributed by atoms with van der Waals surface area (Å²) in [6.45, 7) is 5.57. The monoisotopic (exact) mass is 468 g/mol. The van der Waals surface area contributed by atoms with Crippen LogP contribution in [0.5, 0.6) is 28.7 Å². The van der Waals surface area contributed by atoms with Crippen LogP contribution in [0.3, 0.4) is 0 Å². The molecule has 0 radical (unpaired) electrons. The summed E-state index contributed by atoms with van der Waals surface area (Å²) in [7, 11) is 6.44. The van der Waals surface area contributed by atoms with Crippen LogP contribution in [0.4, 0.5) is 0 Å².